The van der Waals surface area contributed by atoms with Crippen LogP contribution in [0.15, 0.2) is 0 Å². The van der Waals surface area contributed by atoms with E-state index in [0.717, 1.165) is 12.8 Å². The first-order valence-electron chi connectivity index (χ1n) is 3.42. The third kappa shape index (κ3) is 6.12. The average molecular weight is 239 g/mol. The third-order valence-electron chi connectivity index (χ3n) is 1.74. The van der Waals surface area contributed by atoms with Gasteiger partial charge in [-0.1, -0.05) is 0 Å². The van der Waals surface area contributed by atoms with Crippen LogP contribution in [0.3, 0.4) is 0 Å². The molecule has 0 aromatic carbocycles. The van der Waals surface area contributed by atoms with Crippen molar-refractivity contribution in [2.24, 2.45) is 0 Å². The summed E-state index contributed by atoms with van der Waals surface area (Å²) in [6.07, 6.45) is 6.42. The van der Waals surface area contributed by atoms with Crippen LogP contribution in [-0.2, 0) is 23.9 Å². The van der Waals surface area contributed by atoms with Gasteiger partial charge in [-0.15, -0.1) is 24.8 Å². The second-order valence-electron chi connectivity index (χ2n) is 2.44. The first-order valence-corrected chi connectivity index (χ1v) is 4.56. The Labute approximate surface area is 86.9 Å². The van der Waals surface area contributed by atoms with Gasteiger partial charge in [0, 0.05) is 0 Å². The SMILES string of the molecule is Cl.Cl.[O]=[V][O]C1CCCCC1. The topological polar surface area (TPSA) is 26.3 Å². The molecule has 2 nitrogen and oxygen atoms in total. The molecular weight excluding hydrogens is 226 g/mol. The predicted octanol–water partition coefficient (Wildman–Crippen LogP) is 2.52. The van der Waals surface area contributed by atoms with Gasteiger partial charge in [0.15, 0.2) is 0 Å². The molecule has 0 amide bonds. The van der Waals surface area contributed by atoms with Gasteiger partial charge in [-0.2, -0.15) is 0 Å². The van der Waals surface area contributed by atoms with Gasteiger partial charge >= 0.3 is 62.1 Å². The number of rotatable bonds is 2. The summed E-state index contributed by atoms with van der Waals surface area (Å²) in [7, 11) is 0. The Balaban J connectivity index is 0. The van der Waals surface area contributed by atoms with Crippen LogP contribution in [0.1, 0.15) is 32.1 Å². The zero-order valence-corrected chi connectivity index (χ0v) is 9.22. The van der Waals surface area contributed by atoms with Crippen LogP contribution in [0, 0.1) is 0 Å². The maximum absolute atomic E-state index is 10.1. The first-order chi connectivity index (χ1) is 4.43. The summed E-state index contributed by atoms with van der Waals surface area (Å²) in [6.45, 7) is 0. The molecule has 0 heterocycles. The summed E-state index contributed by atoms with van der Waals surface area (Å²) in [5.74, 6) is 0. The summed E-state index contributed by atoms with van der Waals surface area (Å²) in [5, 5.41) is 0. The summed E-state index contributed by atoms with van der Waals surface area (Å²) in [5.41, 5.74) is 0. The van der Waals surface area contributed by atoms with E-state index in [1.54, 1.807) is 0 Å². The van der Waals surface area contributed by atoms with E-state index in [4.69, 9.17) is 3.66 Å². The van der Waals surface area contributed by atoms with E-state index in [2.05, 4.69) is 0 Å². The summed E-state index contributed by atoms with van der Waals surface area (Å²) >= 11 is -1.05. The normalized spacial score (nSPS) is 17.8. The Kier molecular flexibility index (Phi) is 11.8. The van der Waals surface area contributed by atoms with Gasteiger partial charge in [-0.05, 0) is 0 Å². The second-order valence-corrected chi connectivity index (χ2v) is 3.00. The van der Waals surface area contributed by atoms with Gasteiger partial charge < -0.3 is 0 Å². The predicted molar refractivity (Wildman–Crippen MR) is 43.1 cm³/mol. The van der Waals surface area contributed by atoms with Crippen molar-refractivity contribution >= 4 is 24.8 Å². The van der Waals surface area contributed by atoms with Crippen molar-refractivity contribution in [2.45, 2.75) is 38.2 Å². The molecule has 68 valence electrons. The zero-order chi connectivity index (χ0) is 6.53. The van der Waals surface area contributed by atoms with Crippen molar-refractivity contribution in [1.82, 2.24) is 0 Å². The van der Waals surface area contributed by atoms with Gasteiger partial charge in [-0.25, -0.2) is 0 Å². The monoisotopic (exact) mass is 238 g/mol. The molecule has 0 atom stereocenters. The number of hydrogen-bond acceptors (Lipinski definition) is 2. The van der Waals surface area contributed by atoms with Crippen LogP contribution in [0.5, 0.6) is 0 Å². The molecule has 0 bridgehead atoms. The molecule has 0 aromatic heterocycles. The fraction of sp³-hybridized carbons (Fsp3) is 1.00. The molecule has 11 heavy (non-hydrogen) atoms. The molecule has 0 unspecified atom stereocenters. The molecule has 0 spiro atoms. The Morgan fingerprint density at radius 3 is 2.09 bits per heavy atom. The molecular formula is C6H13Cl2O2V. The van der Waals surface area contributed by atoms with Crippen LogP contribution >= 0.6 is 24.8 Å². The fourth-order valence-corrected chi connectivity index (χ4v) is 1.75. The van der Waals surface area contributed by atoms with E-state index < -0.39 is 16.6 Å². The zero-order valence-electron chi connectivity index (χ0n) is 6.19. The van der Waals surface area contributed by atoms with E-state index in [-0.39, 0.29) is 24.8 Å². The van der Waals surface area contributed by atoms with E-state index in [0.29, 0.717) is 6.10 Å². The van der Waals surface area contributed by atoms with Crippen LogP contribution in [-0.4, -0.2) is 6.10 Å². The molecule has 1 aliphatic rings. The quantitative estimate of drug-likeness (QED) is 0.739. The molecule has 0 N–H and O–H groups in total. The minimum absolute atomic E-state index is 0. The number of halogens is 2. The summed E-state index contributed by atoms with van der Waals surface area (Å²) in [4.78, 5) is 0. The van der Waals surface area contributed by atoms with Crippen LogP contribution < -0.4 is 0 Å². The fourth-order valence-electron chi connectivity index (χ4n) is 1.23. The van der Waals surface area contributed by atoms with Gasteiger partial charge in [-0.3, -0.25) is 0 Å². The Hall–Kier alpha value is 0.924. The van der Waals surface area contributed by atoms with Gasteiger partial charge in [0.05, 0.1) is 0 Å². The molecule has 0 saturated heterocycles. The first kappa shape index (κ1) is 14.4. The van der Waals surface area contributed by atoms with Crippen LogP contribution in [0.4, 0.5) is 0 Å². The van der Waals surface area contributed by atoms with Gasteiger partial charge in [0.25, 0.3) is 0 Å². The van der Waals surface area contributed by atoms with Crippen LogP contribution in [0.25, 0.3) is 0 Å². The van der Waals surface area contributed by atoms with Crippen LogP contribution in [0.2, 0.25) is 0 Å². The number of hydrogen-bond donors (Lipinski definition) is 0. The summed E-state index contributed by atoms with van der Waals surface area (Å²) in [6, 6.07) is 0. The standard InChI is InChI=1S/C6H11O.2ClH.O.V/c7-6-4-2-1-3-5-6;;;;/h6H,1-5H2;2*1H;;/q-1;;;;+1. The van der Waals surface area contributed by atoms with E-state index in [1.165, 1.54) is 19.3 Å². The average Bonchev–Trinajstić information content (AvgIpc) is 1.91. The minimum atomic E-state index is -1.05. The van der Waals surface area contributed by atoms with Gasteiger partial charge in [0.1, 0.15) is 0 Å². The molecule has 1 fully saturated rings. The molecule has 0 aliphatic heterocycles. The van der Waals surface area contributed by atoms with E-state index in [1.807, 2.05) is 0 Å². The molecule has 1 saturated carbocycles. The molecule has 1 rings (SSSR count). The molecule has 0 aromatic rings. The third-order valence-corrected chi connectivity index (χ3v) is 2.34. The van der Waals surface area contributed by atoms with Crippen molar-refractivity contribution in [3.05, 3.63) is 0 Å². The van der Waals surface area contributed by atoms with Crippen molar-refractivity contribution in [2.75, 3.05) is 0 Å². The summed E-state index contributed by atoms with van der Waals surface area (Å²) < 4.78 is 15.1. The van der Waals surface area contributed by atoms with E-state index in [9.17, 15) is 3.67 Å². The Morgan fingerprint density at radius 2 is 1.64 bits per heavy atom. The Morgan fingerprint density at radius 1 is 1.09 bits per heavy atom. The van der Waals surface area contributed by atoms with Crippen molar-refractivity contribution in [3.8, 4) is 0 Å². The van der Waals surface area contributed by atoms with E-state index >= 15 is 0 Å². The maximum atomic E-state index is 10.1. The van der Waals surface area contributed by atoms with Crippen molar-refractivity contribution < 1.29 is 23.9 Å². The second kappa shape index (κ2) is 9.02. The molecule has 5 heteroatoms. The van der Waals surface area contributed by atoms with Crippen molar-refractivity contribution in [3.63, 3.8) is 0 Å². The Bertz CT molecular complexity index is 96.6. The molecule has 1 aliphatic carbocycles. The van der Waals surface area contributed by atoms with Crippen molar-refractivity contribution in [1.29, 1.82) is 0 Å². The van der Waals surface area contributed by atoms with Gasteiger partial charge in [0.2, 0.25) is 0 Å². The molecule has 0 radical (unpaired) electrons.